The van der Waals surface area contributed by atoms with E-state index in [4.69, 9.17) is 10.1 Å². The summed E-state index contributed by atoms with van der Waals surface area (Å²) in [6.45, 7) is 11.8. The number of nitrogens with zero attached hydrogens (tertiary/aromatic N) is 5. The topological polar surface area (TPSA) is 77.6 Å². The summed E-state index contributed by atoms with van der Waals surface area (Å²) in [7, 11) is 0. The zero-order valence-corrected chi connectivity index (χ0v) is 18.7. The first kappa shape index (κ1) is 20.6. The molecule has 160 valence electrons. The molecule has 0 bridgehead atoms. The van der Waals surface area contributed by atoms with Crippen LogP contribution in [0.3, 0.4) is 0 Å². The van der Waals surface area contributed by atoms with Crippen LogP contribution in [-0.2, 0) is 13.1 Å². The van der Waals surface area contributed by atoms with Crippen LogP contribution in [0.5, 0.6) is 0 Å². The molecule has 7 nitrogen and oxygen atoms in total. The van der Waals surface area contributed by atoms with Gasteiger partial charge >= 0.3 is 0 Å². The van der Waals surface area contributed by atoms with E-state index in [1.54, 1.807) is 0 Å². The van der Waals surface area contributed by atoms with Crippen molar-refractivity contribution in [3.05, 3.63) is 40.5 Å². The summed E-state index contributed by atoms with van der Waals surface area (Å²) < 4.78 is 3.89. The highest BCUT2D eigenvalue weighted by Gasteiger charge is 2.29. The Balaban J connectivity index is 1.70. The Kier molecular flexibility index (Phi) is 5.62. The standard InChI is InChI=1S/C23H32N6O/c1-6-8-11-29-22-21(16(5)27-29)18(12-20(25-22)17-9-10-17)23(30)24-14(3)19-13-28(7-2)26-15(19)4/h12-14,17H,6-11H2,1-5H3,(H,24,30). The molecule has 1 amide bonds. The molecule has 0 aliphatic heterocycles. The number of aryl methyl sites for hydroxylation is 4. The minimum Gasteiger partial charge on any atom is -0.345 e. The van der Waals surface area contributed by atoms with Gasteiger partial charge in [0.25, 0.3) is 5.91 Å². The Bertz CT molecular complexity index is 1080. The van der Waals surface area contributed by atoms with Crippen molar-refractivity contribution in [2.45, 2.75) is 85.4 Å². The van der Waals surface area contributed by atoms with Crippen LogP contribution in [0.1, 0.15) is 91.4 Å². The van der Waals surface area contributed by atoms with Crippen molar-refractivity contribution >= 4 is 16.9 Å². The number of aromatic nitrogens is 5. The second-order valence-electron chi connectivity index (χ2n) is 8.45. The predicted octanol–water partition coefficient (Wildman–Crippen LogP) is 4.43. The summed E-state index contributed by atoms with van der Waals surface area (Å²) in [6.07, 6.45) is 6.45. The number of amides is 1. The molecule has 0 aromatic carbocycles. The van der Waals surface area contributed by atoms with E-state index >= 15 is 0 Å². The van der Waals surface area contributed by atoms with Gasteiger partial charge in [-0.3, -0.25) is 9.48 Å². The molecule has 0 spiro atoms. The zero-order valence-electron chi connectivity index (χ0n) is 18.7. The summed E-state index contributed by atoms with van der Waals surface area (Å²) in [4.78, 5) is 18.3. The van der Waals surface area contributed by atoms with Gasteiger partial charge in [0, 0.05) is 36.5 Å². The molecular weight excluding hydrogens is 376 g/mol. The van der Waals surface area contributed by atoms with E-state index in [0.29, 0.717) is 11.5 Å². The second-order valence-corrected chi connectivity index (χ2v) is 8.45. The van der Waals surface area contributed by atoms with Crippen molar-refractivity contribution in [1.29, 1.82) is 0 Å². The van der Waals surface area contributed by atoms with E-state index in [1.807, 2.05) is 42.4 Å². The van der Waals surface area contributed by atoms with E-state index in [-0.39, 0.29) is 11.9 Å². The van der Waals surface area contributed by atoms with E-state index < -0.39 is 0 Å². The quantitative estimate of drug-likeness (QED) is 0.598. The number of hydrogen-bond acceptors (Lipinski definition) is 4. The van der Waals surface area contributed by atoms with E-state index in [0.717, 1.165) is 72.5 Å². The number of pyridine rings is 1. The van der Waals surface area contributed by atoms with Crippen molar-refractivity contribution in [2.24, 2.45) is 0 Å². The normalized spacial score (nSPS) is 15.0. The van der Waals surface area contributed by atoms with Crippen molar-refractivity contribution in [2.75, 3.05) is 0 Å². The molecule has 1 aliphatic carbocycles. The Morgan fingerprint density at radius 3 is 2.63 bits per heavy atom. The predicted molar refractivity (Wildman–Crippen MR) is 118 cm³/mol. The van der Waals surface area contributed by atoms with E-state index in [2.05, 4.69) is 24.3 Å². The van der Waals surface area contributed by atoms with Gasteiger partial charge in [0.2, 0.25) is 0 Å². The third kappa shape index (κ3) is 3.85. The van der Waals surface area contributed by atoms with Gasteiger partial charge in [0.1, 0.15) is 0 Å². The lowest BCUT2D eigenvalue weighted by atomic mass is 10.1. The molecule has 1 fully saturated rings. The lowest BCUT2D eigenvalue weighted by molar-refractivity contribution is 0.0941. The smallest absolute Gasteiger partial charge is 0.252 e. The van der Waals surface area contributed by atoms with E-state index in [9.17, 15) is 4.79 Å². The molecule has 3 aromatic rings. The van der Waals surface area contributed by atoms with Gasteiger partial charge < -0.3 is 5.32 Å². The number of unbranched alkanes of at least 4 members (excludes halogenated alkanes) is 1. The van der Waals surface area contributed by atoms with Crippen molar-refractivity contribution < 1.29 is 4.79 Å². The lowest BCUT2D eigenvalue weighted by Crippen LogP contribution is -2.27. The SMILES string of the molecule is CCCCn1nc(C)c2c(C(=O)NC(C)c3cn(CC)nc3C)cc(C3CC3)nc21. The van der Waals surface area contributed by atoms with E-state index in [1.165, 1.54) is 0 Å². The fourth-order valence-corrected chi connectivity index (χ4v) is 4.08. The Morgan fingerprint density at radius 1 is 1.23 bits per heavy atom. The summed E-state index contributed by atoms with van der Waals surface area (Å²) >= 11 is 0. The first-order valence-corrected chi connectivity index (χ1v) is 11.2. The number of carbonyl (C=O) groups is 1. The maximum absolute atomic E-state index is 13.4. The molecule has 1 aliphatic rings. The van der Waals surface area contributed by atoms with Crippen LogP contribution in [0.4, 0.5) is 0 Å². The van der Waals surface area contributed by atoms with Gasteiger partial charge in [-0.1, -0.05) is 13.3 Å². The summed E-state index contributed by atoms with van der Waals surface area (Å²) in [5, 5.41) is 13.3. The van der Waals surface area contributed by atoms with Gasteiger partial charge in [-0.15, -0.1) is 0 Å². The first-order valence-electron chi connectivity index (χ1n) is 11.2. The number of nitrogens with one attached hydrogen (secondary N) is 1. The maximum Gasteiger partial charge on any atom is 0.252 e. The fraction of sp³-hybridized carbons (Fsp3) is 0.565. The molecule has 0 saturated heterocycles. The first-order chi connectivity index (χ1) is 14.4. The van der Waals surface area contributed by atoms with Crippen molar-refractivity contribution in [3.8, 4) is 0 Å². The largest absolute Gasteiger partial charge is 0.345 e. The molecule has 30 heavy (non-hydrogen) atoms. The van der Waals surface area contributed by atoms with Crippen LogP contribution in [0.2, 0.25) is 0 Å². The molecule has 3 aromatic heterocycles. The number of rotatable bonds is 8. The molecule has 0 radical (unpaired) electrons. The third-order valence-corrected chi connectivity index (χ3v) is 5.98. The number of hydrogen-bond donors (Lipinski definition) is 1. The van der Waals surface area contributed by atoms with Crippen LogP contribution in [-0.4, -0.2) is 30.5 Å². The van der Waals surface area contributed by atoms with Gasteiger partial charge in [-0.05, 0) is 53.0 Å². The molecule has 1 saturated carbocycles. The van der Waals surface area contributed by atoms with Crippen LogP contribution < -0.4 is 5.32 Å². The Labute approximate surface area is 177 Å². The van der Waals surface area contributed by atoms with Gasteiger partial charge in [0.05, 0.1) is 28.4 Å². The Hall–Kier alpha value is -2.70. The highest BCUT2D eigenvalue weighted by molar-refractivity contribution is 6.06. The van der Waals surface area contributed by atoms with Crippen LogP contribution >= 0.6 is 0 Å². The van der Waals surface area contributed by atoms with Crippen LogP contribution in [0.15, 0.2) is 12.3 Å². The number of carbonyl (C=O) groups excluding carboxylic acids is 1. The lowest BCUT2D eigenvalue weighted by Gasteiger charge is -2.15. The van der Waals surface area contributed by atoms with Crippen LogP contribution in [0, 0.1) is 13.8 Å². The molecule has 7 heteroatoms. The zero-order chi connectivity index (χ0) is 21.4. The average molecular weight is 409 g/mol. The van der Waals surface area contributed by atoms with Crippen molar-refractivity contribution in [3.63, 3.8) is 0 Å². The minimum absolute atomic E-state index is 0.0708. The molecule has 1 unspecified atom stereocenters. The van der Waals surface area contributed by atoms with Gasteiger partial charge in [0.15, 0.2) is 5.65 Å². The third-order valence-electron chi connectivity index (χ3n) is 5.98. The fourth-order valence-electron chi connectivity index (χ4n) is 4.08. The summed E-state index contributed by atoms with van der Waals surface area (Å²) in [5.74, 6) is 0.400. The highest BCUT2D eigenvalue weighted by atomic mass is 16.1. The maximum atomic E-state index is 13.4. The summed E-state index contributed by atoms with van der Waals surface area (Å²) in [5.41, 5.74) is 5.42. The van der Waals surface area contributed by atoms with Gasteiger partial charge in [-0.25, -0.2) is 9.67 Å². The molecule has 1 N–H and O–H groups in total. The monoisotopic (exact) mass is 408 g/mol. The van der Waals surface area contributed by atoms with Gasteiger partial charge in [-0.2, -0.15) is 10.2 Å². The average Bonchev–Trinajstić information content (AvgIpc) is 3.44. The second kappa shape index (κ2) is 8.20. The molecule has 3 heterocycles. The van der Waals surface area contributed by atoms with Crippen molar-refractivity contribution in [1.82, 2.24) is 29.9 Å². The Morgan fingerprint density at radius 2 is 2.00 bits per heavy atom. The van der Waals surface area contributed by atoms with Crippen LogP contribution in [0.25, 0.3) is 11.0 Å². The summed E-state index contributed by atoms with van der Waals surface area (Å²) in [6, 6.07) is 1.87. The molecule has 4 rings (SSSR count). The number of fused-ring (bicyclic) bond motifs is 1. The molecule has 1 atom stereocenters. The highest BCUT2D eigenvalue weighted by Crippen LogP contribution is 2.40. The molecular formula is C23H32N6O. The minimum atomic E-state index is -0.124.